The number of allylic oxidation sites excluding steroid dienone is 1. The molecule has 1 atom stereocenters. The van der Waals surface area contributed by atoms with Gasteiger partial charge in [-0.3, -0.25) is 19.9 Å². The van der Waals surface area contributed by atoms with Crippen LogP contribution in [-0.4, -0.2) is 38.2 Å². The molecule has 4 aromatic rings. The number of nitrogens with one attached hydrogen (secondary N) is 2. The van der Waals surface area contributed by atoms with Gasteiger partial charge in [0.05, 0.1) is 5.69 Å². The summed E-state index contributed by atoms with van der Waals surface area (Å²) in [6, 6.07) is 12.7. The SMILES string of the molecule is N[C@@H]1c2ccccc2CC12CCN(c1nc3[nH]nc(C4=CCC5(CC5)c5ncccc54)c3c(=O)[nH]1)CC2. The Kier molecular flexibility index (Phi) is 4.25. The first-order valence-corrected chi connectivity index (χ1v) is 13.3. The third-order valence-corrected chi connectivity index (χ3v) is 9.47. The molecule has 0 unspecified atom stereocenters. The van der Waals surface area contributed by atoms with E-state index < -0.39 is 0 Å². The molecule has 4 aliphatic rings. The van der Waals surface area contributed by atoms with Crippen molar-refractivity contribution in [3.05, 3.63) is 87.1 Å². The Bertz CT molecular complexity index is 1650. The molecule has 0 radical (unpaired) electrons. The van der Waals surface area contributed by atoms with Crippen LogP contribution in [0.5, 0.6) is 0 Å². The summed E-state index contributed by atoms with van der Waals surface area (Å²) in [5.41, 5.74) is 13.9. The van der Waals surface area contributed by atoms with Crippen molar-refractivity contribution >= 4 is 22.6 Å². The lowest BCUT2D eigenvalue weighted by Crippen LogP contribution is -2.45. The Labute approximate surface area is 214 Å². The summed E-state index contributed by atoms with van der Waals surface area (Å²) in [5.74, 6) is 0.600. The first-order valence-electron chi connectivity index (χ1n) is 13.3. The Morgan fingerprint density at radius 3 is 2.70 bits per heavy atom. The van der Waals surface area contributed by atoms with Gasteiger partial charge < -0.3 is 10.6 Å². The number of rotatable bonds is 2. The minimum absolute atomic E-state index is 0.0615. The molecule has 1 aliphatic heterocycles. The van der Waals surface area contributed by atoms with E-state index in [2.05, 4.69) is 56.5 Å². The highest BCUT2D eigenvalue weighted by Gasteiger charge is 2.49. The fraction of sp³-hybridized carbons (Fsp3) is 0.379. The van der Waals surface area contributed by atoms with Crippen LogP contribution in [0.1, 0.15) is 66.2 Å². The Hall–Kier alpha value is -3.78. The molecule has 8 heteroatoms. The smallest absolute Gasteiger partial charge is 0.264 e. The summed E-state index contributed by atoms with van der Waals surface area (Å²) in [6.45, 7) is 1.62. The third-order valence-electron chi connectivity index (χ3n) is 9.47. The highest BCUT2D eigenvalue weighted by molar-refractivity contribution is 5.94. The molecule has 1 saturated heterocycles. The molecule has 3 aliphatic carbocycles. The molecule has 3 aromatic heterocycles. The average molecular weight is 492 g/mol. The van der Waals surface area contributed by atoms with E-state index in [1.165, 1.54) is 24.0 Å². The van der Waals surface area contributed by atoms with Crippen LogP contribution in [0.3, 0.4) is 0 Å². The normalized spacial score (nSPS) is 22.8. The van der Waals surface area contributed by atoms with Crippen LogP contribution in [-0.2, 0) is 11.8 Å². The molecule has 4 N–H and O–H groups in total. The van der Waals surface area contributed by atoms with Crippen molar-refractivity contribution < 1.29 is 0 Å². The largest absolute Gasteiger partial charge is 0.342 e. The number of aromatic nitrogens is 5. The van der Waals surface area contributed by atoms with Gasteiger partial charge in [-0.2, -0.15) is 10.1 Å². The van der Waals surface area contributed by atoms with Crippen molar-refractivity contribution in [2.45, 2.75) is 50.0 Å². The number of H-pyrrole nitrogens is 2. The van der Waals surface area contributed by atoms with Gasteiger partial charge in [0.1, 0.15) is 11.1 Å². The molecule has 1 aromatic carbocycles. The molecule has 0 amide bonds. The van der Waals surface area contributed by atoms with Crippen molar-refractivity contribution in [3.63, 3.8) is 0 Å². The fourth-order valence-electron chi connectivity index (χ4n) is 7.11. The van der Waals surface area contributed by atoms with Crippen molar-refractivity contribution in [1.82, 2.24) is 25.1 Å². The number of anilines is 1. The molecule has 8 nitrogen and oxygen atoms in total. The number of nitrogens with zero attached hydrogens (tertiary/aromatic N) is 4. The lowest BCUT2D eigenvalue weighted by Gasteiger charge is -2.42. The minimum atomic E-state index is -0.160. The molecule has 4 heterocycles. The Morgan fingerprint density at radius 1 is 1.05 bits per heavy atom. The third kappa shape index (κ3) is 2.99. The number of nitrogens with two attached hydrogens (primary N) is 1. The molecule has 2 fully saturated rings. The van der Waals surface area contributed by atoms with Gasteiger partial charge in [0, 0.05) is 41.9 Å². The summed E-state index contributed by atoms with van der Waals surface area (Å²) in [7, 11) is 0. The van der Waals surface area contributed by atoms with Crippen LogP contribution in [0.15, 0.2) is 53.5 Å². The van der Waals surface area contributed by atoms with E-state index in [0.29, 0.717) is 22.7 Å². The maximum Gasteiger partial charge on any atom is 0.264 e. The zero-order valence-corrected chi connectivity index (χ0v) is 20.6. The van der Waals surface area contributed by atoms with Crippen LogP contribution in [0, 0.1) is 5.41 Å². The van der Waals surface area contributed by atoms with Gasteiger partial charge >= 0.3 is 0 Å². The summed E-state index contributed by atoms with van der Waals surface area (Å²) in [4.78, 5) is 28.2. The van der Waals surface area contributed by atoms with Crippen LogP contribution in [0.2, 0.25) is 0 Å². The lowest BCUT2D eigenvalue weighted by atomic mass is 9.73. The number of pyridine rings is 1. The van der Waals surface area contributed by atoms with Crippen LogP contribution < -0.4 is 16.2 Å². The molecule has 8 rings (SSSR count). The number of hydrogen-bond donors (Lipinski definition) is 3. The molecule has 2 spiro atoms. The number of hydrogen-bond acceptors (Lipinski definition) is 6. The molecule has 37 heavy (non-hydrogen) atoms. The van der Waals surface area contributed by atoms with E-state index in [1.807, 2.05) is 12.3 Å². The average Bonchev–Trinajstić information content (AvgIpc) is 3.49. The highest BCUT2D eigenvalue weighted by Crippen LogP contribution is 2.55. The monoisotopic (exact) mass is 491 g/mol. The Balaban J connectivity index is 1.10. The quantitative estimate of drug-likeness (QED) is 0.393. The standard InChI is InChI=1S/C29H29N7O/c30-23-18-5-2-1-4-17(18)16-29(23)11-14-36(15-12-29)27-32-25-21(26(37)33-27)22(34-35-25)19-7-8-28(9-10-28)24-20(19)6-3-13-31-24/h1-7,13,23H,8-12,14-16,30H2,(H2,32,33,34,35,37)/t23-/m1/s1. The fourth-order valence-corrected chi connectivity index (χ4v) is 7.11. The number of fused-ring (bicyclic) bond motifs is 4. The van der Waals surface area contributed by atoms with Gasteiger partial charge in [-0.1, -0.05) is 36.4 Å². The molecular formula is C29H29N7O. The number of benzene rings is 1. The first kappa shape index (κ1) is 21.3. The summed E-state index contributed by atoms with van der Waals surface area (Å²) < 4.78 is 0. The predicted molar refractivity (Wildman–Crippen MR) is 142 cm³/mol. The second-order valence-corrected chi connectivity index (χ2v) is 11.4. The second-order valence-electron chi connectivity index (χ2n) is 11.4. The van der Waals surface area contributed by atoms with E-state index in [0.717, 1.165) is 55.6 Å². The number of aromatic amines is 2. The maximum atomic E-state index is 13.4. The van der Waals surface area contributed by atoms with E-state index in [-0.39, 0.29) is 22.4 Å². The second kappa shape index (κ2) is 7.38. The zero-order valence-electron chi connectivity index (χ0n) is 20.6. The predicted octanol–water partition coefficient (Wildman–Crippen LogP) is 3.75. The topological polar surface area (TPSA) is 117 Å². The summed E-state index contributed by atoms with van der Waals surface area (Å²) in [6.07, 6.45) is 10.3. The van der Waals surface area contributed by atoms with Crippen molar-refractivity contribution in [2.24, 2.45) is 11.1 Å². The maximum absolute atomic E-state index is 13.4. The summed E-state index contributed by atoms with van der Waals surface area (Å²) in [5, 5.41) is 8.15. The van der Waals surface area contributed by atoms with Crippen molar-refractivity contribution in [3.8, 4) is 0 Å². The van der Waals surface area contributed by atoms with Crippen LogP contribution in [0.4, 0.5) is 5.95 Å². The zero-order chi connectivity index (χ0) is 24.8. The van der Waals surface area contributed by atoms with Gasteiger partial charge in [0.15, 0.2) is 5.65 Å². The molecule has 1 saturated carbocycles. The molecule has 186 valence electrons. The van der Waals surface area contributed by atoms with Crippen molar-refractivity contribution in [1.29, 1.82) is 0 Å². The first-order chi connectivity index (χ1) is 18.1. The van der Waals surface area contributed by atoms with Crippen LogP contribution >= 0.6 is 0 Å². The molecular weight excluding hydrogens is 462 g/mol. The van der Waals surface area contributed by atoms with Gasteiger partial charge in [-0.25, -0.2) is 0 Å². The highest BCUT2D eigenvalue weighted by atomic mass is 16.1. The van der Waals surface area contributed by atoms with E-state index >= 15 is 0 Å². The van der Waals surface area contributed by atoms with E-state index in [4.69, 9.17) is 15.7 Å². The van der Waals surface area contributed by atoms with E-state index in [9.17, 15) is 4.79 Å². The van der Waals surface area contributed by atoms with Gasteiger partial charge in [-0.05, 0) is 61.1 Å². The number of piperidine rings is 1. The van der Waals surface area contributed by atoms with Crippen LogP contribution in [0.25, 0.3) is 16.6 Å². The van der Waals surface area contributed by atoms with Crippen molar-refractivity contribution in [2.75, 3.05) is 18.0 Å². The molecule has 0 bridgehead atoms. The lowest BCUT2D eigenvalue weighted by molar-refractivity contribution is 0.187. The van der Waals surface area contributed by atoms with Gasteiger partial charge in [0.25, 0.3) is 5.56 Å². The Morgan fingerprint density at radius 2 is 1.89 bits per heavy atom. The van der Waals surface area contributed by atoms with Gasteiger partial charge in [-0.15, -0.1) is 0 Å². The minimum Gasteiger partial charge on any atom is -0.342 e. The van der Waals surface area contributed by atoms with Gasteiger partial charge in [0.2, 0.25) is 5.95 Å². The van der Waals surface area contributed by atoms with E-state index in [1.54, 1.807) is 0 Å². The summed E-state index contributed by atoms with van der Waals surface area (Å²) >= 11 is 0.